The Morgan fingerprint density at radius 3 is 2.79 bits per heavy atom. The molecule has 2 aromatic rings. The molecule has 0 saturated heterocycles. The summed E-state index contributed by atoms with van der Waals surface area (Å²) >= 11 is 5.11. The second-order valence-electron chi connectivity index (χ2n) is 4.00. The highest BCUT2D eigenvalue weighted by Gasteiger charge is 2.06. The number of hydrogen-bond acceptors (Lipinski definition) is 2. The van der Waals surface area contributed by atoms with Crippen LogP contribution in [-0.4, -0.2) is 23.2 Å². The second-order valence-corrected chi connectivity index (χ2v) is 6.09. The van der Waals surface area contributed by atoms with Crippen molar-refractivity contribution < 1.29 is 4.79 Å². The lowest BCUT2D eigenvalue weighted by atomic mass is 10.4. The minimum Gasteiger partial charge on any atom is -0.356 e. The predicted octanol–water partition coefficient (Wildman–Crippen LogP) is 3.69. The van der Waals surface area contributed by atoms with Crippen LogP contribution in [0.4, 0.5) is 0 Å². The monoisotopic (exact) mass is 338 g/mol. The zero-order valence-electron chi connectivity index (χ0n) is 10.4. The summed E-state index contributed by atoms with van der Waals surface area (Å²) in [7, 11) is 0. The van der Waals surface area contributed by atoms with Gasteiger partial charge in [-0.3, -0.25) is 4.79 Å². The van der Waals surface area contributed by atoms with Gasteiger partial charge in [-0.25, -0.2) is 0 Å². The average Bonchev–Trinajstić information content (AvgIpc) is 2.86. The molecule has 2 N–H and O–H groups in total. The van der Waals surface area contributed by atoms with Crippen molar-refractivity contribution in [3.05, 3.63) is 52.8 Å². The number of rotatable bonds is 6. The number of carbonyl (C=O) groups is 1. The van der Waals surface area contributed by atoms with Gasteiger partial charge in [-0.05, 0) is 46.3 Å². The Kier molecular flexibility index (Phi) is 5.54. The lowest BCUT2D eigenvalue weighted by Gasteiger charge is -2.04. The molecule has 0 fully saturated rings. The van der Waals surface area contributed by atoms with Gasteiger partial charge in [-0.1, -0.05) is 18.2 Å². The number of benzene rings is 1. The molecule has 1 amide bonds. The first kappa shape index (κ1) is 14.2. The van der Waals surface area contributed by atoms with Gasteiger partial charge in [0.15, 0.2) is 0 Å². The quantitative estimate of drug-likeness (QED) is 0.623. The van der Waals surface area contributed by atoms with Gasteiger partial charge in [-0.15, -0.1) is 11.8 Å². The molecule has 0 bridgehead atoms. The van der Waals surface area contributed by atoms with E-state index in [0.29, 0.717) is 12.2 Å². The van der Waals surface area contributed by atoms with Gasteiger partial charge >= 0.3 is 0 Å². The average molecular weight is 339 g/mol. The number of aromatic amines is 1. The molecule has 5 heteroatoms. The summed E-state index contributed by atoms with van der Waals surface area (Å²) in [5.74, 6) is 0.939. The third kappa shape index (κ3) is 4.76. The molecule has 0 unspecified atom stereocenters. The summed E-state index contributed by atoms with van der Waals surface area (Å²) < 4.78 is 0.886. The first-order valence-electron chi connectivity index (χ1n) is 6.05. The fraction of sp³-hybridized carbons (Fsp3) is 0.214. The van der Waals surface area contributed by atoms with Crippen molar-refractivity contribution in [1.29, 1.82) is 0 Å². The fourth-order valence-electron chi connectivity index (χ4n) is 1.58. The zero-order valence-corrected chi connectivity index (χ0v) is 12.8. The van der Waals surface area contributed by atoms with Crippen molar-refractivity contribution >= 4 is 33.6 Å². The molecular weight excluding hydrogens is 324 g/mol. The van der Waals surface area contributed by atoms with Crippen LogP contribution in [0.15, 0.2) is 52.0 Å². The molecule has 2 rings (SSSR count). The van der Waals surface area contributed by atoms with Crippen molar-refractivity contribution in [2.75, 3.05) is 12.3 Å². The summed E-state index contributed by atoms with van der Waals surface area (Å²) in [6, 6.07) is 12.0. The van der Waals surface area contributed by atoms with Gasteiger partial charge in [-0.2, -0.15) is 0 Å². The topological polar surface area (TPSA) is 44.9 Å². The van der Waals surface area contributed by atoms with Gasteiger partial charge in [0, 0.05) is 22.1 Å². The van der Waals surface area contributed by atoms with E-state index >= 15 is 0 Å². The van der Waals surface area contributed by atoms with E-state index in [9.17, 15) is 4.79 Å². The van der Waals surface area contributed by atoms with Crippen LogP contribution in [0.5, 0.6) is 0 Å². The Bertz CT molecular complexity index is 527. The van der Waals surface area contributed by atoms with Gasteiger partial charge in [0.1, 0.15) is 5.69 Å². The Hall–Kier alpha value is -1.20. The standard InChI is InChI=1S/C14H15BrN2OS/c15-11-9-13(17-10-11)14(18)16-7-4-8-19-12-5-2-1-3-6-12/h1-3,5-6,9-10,17H,4,7-8H2,(H,16,18). The largest absolute Gasteiger partial charge is 0.356 e. The van der Waals surface area contributed by atoms with E-state index in [1.54, 1.807) is 24.0 Å². The van der Waals surface area contributed by atoms with Crippen LogP contribution < -0.4 is 5.32 Å². The Balaban J connectivity index is 1.63. The van der Waals surface area contributed by atoms with Crippen molar-refractivity contribution in [3.8, 4) is 0 Å². The Labute approximate surface area is 125 Å². The minimum absolute atomic E-state index is 0.0598. The maximum atomic E-state index is 11.7. The highest BCUT2D eigenvalue weighted by atomic mass is 79.9. The molecule has 0 aliphatic heterocycles. The normalized spacial score (nSPS) is 10.4. The third-order valence-corrected chi connectivity index (χ3v) is 4.07. The highest BCUT2D eigenvalue weighted by molar-refractivity contribution is 9.10. The van der Waals surface area contributed by atoms with Gasteiger partial charge in [0.05, 0.1) is 0 Å². The molecule has 0 atom stereocenters. The van der Waals surface area contributed by atoms with Crippen molar-refractivity contribution in [2.24, 2.45) is 0 Å². The van der Waals surface area contributed by atoms with Gasteiger partial charge in [0.2, 0.25) is 0 Å². The molecule has 0 radical (unpaired) electrons. The first-order chi connectivity index (χ1) is 9.25. The van der Waals surface area contributed by atoms with Crippen LogP contribution >= 0.6 is 27.7 Å². The molecule has 1 heterocycles. The summed E-state index contributed by atoms with van der Waals surface area (Å²) in [4.78, 5) is 15.9. The minimum atomic E-state index is -0.0598. The van der Waals surface area contributed by atoms with E-state index in [1.807, 2.05) is 18.2 Å². The first-order valence-corrected chi connectivity index (χ1v) is 7.83. The van der Waals surface area contributed by atoms with Crippen LogP contribution in [0, 0.1) is 0 Å². The molecule has 3 nitrogen and oxygen atoms in total. The molecule has 19 heavy (non-hydrogen) atoms. The van der Waals surface area contributed by atoms with Crippen LogP contribution in [0.1, 0.15) is 16.9 Å². The van der Waals surface area contributed by atoms with E-state index in [4.69, 9.17) is 0 Å². The lowest BCUT2D eigenvalue weighted by molar-refractivity contribution is 0.0949. The maximum Gasteiger partial charge on any atom is 0.267 e. The predicted molar refractivity (Wildman–Crippen MR) is 82.6 cm³/mol. The SMILES string of the molecule is O=C(NCCCSc1ccccc1)c1cc(Br)c[nH]1. The molecule has 1 aromatic heterocycles. The van der Waals surface area contributed by atoms with Crippen LogP contribution in [0.25, 0.3) is 0 Å². The van der Waals surface area contributed by atoms with Gasteiger partial charge in [0.25, 0.3) is 5.91 Å². The number of H-pyrrole nitrogens is 1. The number of aromatic nitrogens is 1. The maximum absolute atomic E-state index is 11.7. The lowest BCUT2D eigenvalue weighted by Crippen LogP contribution is -2.25. The van der Waals surface area contributed by atoms with E-state index < -0.39 is 0 Å². The molecule has 100 valence electrons. The van der Waals surface area contributed by atoms with E-state index in [-0.39, 0.29) is 5.91 Å². The molecule has 0 aliphatic carbocycles. The number of amides is 1. The number of nitrogens with one attached hydrogen (secondary N) is 2. The van der Waals surface area contributed by atoms with Gasteiger partial charge < -0.3 is 10.3 Å². The molecular formula is C14H15BrN2OS. The third-order valence-electron chi connectivity index (χ3n) is 2.51. The molecule has 0 saturated carbocycles. The summed E-state index contributed by atoms with van der Waals surface area (Å²) in [5.41, 5.74) is 0.586. The number of thioether (sulfide) groups is 1. The number of halogens is 1. The smallest absolute Gasteiger partial charge is 0.267 e. The van der Waals surface area contributed by atoms with E-state index in [2.05, 4.69) is 38.4 Å². The van der Waals surface area contributed by atoms with Crippen LogP contribution in [-0.2, 0) is 0 Å². The summed E-state index contributed by atoms with van der Waals surface area (Å²) in [6.45, 7) is 0.690. The number of carbonyl (C=O) groups excluding carboxylic acids is 1. The molecule has 1 aromatic carbocycles. The Morgan fingerprint density at radius 2 is 2.11 bits per heavy atom. The summed E-state index contributed by atoms with van der Waals surface area (Å²) in [6.07, 6.45) is 2.70. The fourth-order valence-corrected chi connectivity index (χ4v) is 2.79. The van der Waals surface area contributed by atoms with Crippen molar-refractivity contribution in [1.82, 2.24) is 10.3 Å². The zero-order chi connectivity index (χ0) is 13.5. The van der Waals surface area contributed by atoms with E-state index in [1.165, 1.54) is 4.90 Å². The van der Waals surface area contributed by atoms with Crippen molar-refractivity contribution in [2.45, 2.75) is 11.3 Å². The van der Waals surface area contributed by atoms with Crippen molar-refractivity contribution in [3.63, 3.8) is 0 Å². The number of hydrogen-bond donors (Lipinski definition) is 2. The van der Waals surface area contributed by atoms with E-state index in [0.717, 1.165) is 16.6 Å². The summed E-state index contributed by atoms with van der Waals surface area (Å²) in [5, 5.41) is 2.89. The Morgan fingerprint density at radius 1 is 1.32 bits per heavy atom. The highest BCUT2D eigenvalue weighted by Crippen LogP contribution is 2.17. The van der Waals surface area contributed by atoms with Crippen LogP contribution in [0.3, 0.4) is 0 Å². The molecule has 0 spiro atoms. The second kappa shape index (κ2) is 7.40. The van der Waals surface area contributed by atoms with Crippen LogP contribution in [0.2, 0.25) is 0 Å². The molecule has 0 aliphatic rings.